The van der Waals surface area contributed by atoms with Gasteiger partial charge in [-0.05, 0) is 89.4 Å². The van der Waals surface area contributed by atoms with Crippen LogP contribution in [0.15, 0.2) is 47.4 Å². The molecule has 250 valence electrons. The summed E-state index contributed by atoms with van der Waals surface area (Å²) < 4.78 is 54.5. The number of carbonyl (C=O) groups excluding carboxylic acids is 2. The first-order valence-electron chi connectivity index (χ1n) is 15.4. The Balaban J connectivity index is 1.98. The van der Waals surface area contributed by atoms with Crippen molar-refractivity contribution >= 4 is 27.6 Å². The second-order valence-electron chi connectivity index (χ2n) is 12.1. The summed E-state index contributed by atoms with van der Waals surface area (Å²) in [5.41, 5.74) is 0.240. The second-order valence-corrected chi connectivity index (χ2v) is 13.7. The molecule has 4 atom stereocenters. The van der Waals surface area contributed by atoms with Gasteiger partial charge in [-0.3, -0.25) is 9.52 Å². The predicted octanol–water partition coefficient (Wildman–Crippen LogP) is 4.47. The fourth-order valence-corrected chi connectivity index (χ4v) is 6.04. The number of hydrogen-bond donors (Lipinski definition) is 3. The average molecular weight is 651 g/mol. The van der Waals surface area contributed by atoms with Gasteiger partial charge in [0.15, 0.2) is 0 Å². The first-order valence-corrected chi connectivity index (χ1v) is 16.8. The van der Waals surface area contributed by atoms with Crippen molar-refractivity contribution in [3.8, 4) is 5.75 Å². The molecule has 0 radical (unpaired) electrons. The van der Waals surface area contributed by atoms with Gasteiger partial charge in [0.2, 0.25) is 0 Å². The van der Waals surface area contributed by atoms with E-state index in [9.17, 15) is 27.5 Å². The van der Waals surface area contributed by atoms with Crippen LogP contribution >= 0.6 is 0 Å². The fourth-order valence-electron chi connectivity index (χ4n) is 4.99. The summed E-state index contributed by atoms with van der Waals surface area (Å²) in [6.45, 7) is 9.95. The van der Waals surface area contributed by atoms with Gasteiger partial charge in [0.05, 0.1) is 35.3 Å². The molecule has 0 fully saturated rings. The highest BCUT2D eigenvalue weighted by Gasteiger charge is 2.31. The van der Waals surface area contributed by atoms with Crippen LogP contribution in [0.2, 0.25) is 0 Å². The summed E-state index contributed by atoms with van der Waals surface area (Å²) in [4.78, 5) is 29.9. The number of nitrogens with one attached hydrogen (secondary N) is 2. The van der Waals surface area contributed by atoms with Gasteiger partial charge in [0, 0.05) is 44.4 Å². The number of aliphatic hydroxyl groups excluding tert-OH is 1. The lowest BCUT2D eigenvalue weighted by Gasteiger charge is -2.36. The molecule has 0 aromatic heterocycles. The second kappa shape index (κ2) is 16.2. The molecule has 0 saturated carbocycles. The number of halogens is 1. The van der Waals surface area contributed by atoms with E-state index in [4.69, 9.17) is 9.47 Å². The average Bonchev–Trinajstić information content (AvgIpc) is 2.98. The maximum atomic E-state index is 14.2. The van der Waals surface area contributed by atoms with E-state index in [0.717, 1.165) is 37.1 Å². The van der Waals surface area contributed by atoms with Gasteiger partial charge in [0.1, 0.15) is 11.6 Å². The number of nitrogens with zero attached hydrogens (tertiary/aromatic N) is 2. The molecular formula is C32H47FN4O7S. The lowest BCUT2D eigenvalue weighted by atomic mass is 10.0. The molecule has 3 N–H and O–H groups in total. The molecule has 3 amide bonds. The Morgan fingerprint density at radius 3 is 2.47 bits per heavy atom. The maximum absolute atomic E-state index is 14.2. The van der Waals surface area contributed by atoms with Crippen molar-refractivity contribution in [3.63, 3.8) is 0 Å². The standard InChI is InChI=1S/C32H47FN4O7S/c1-21(2)34-32(40)36(6)19-30-22(3)18-37(23(4)20-38)31(39)28-17-26(35-45(41,42)27-13-10-25(33)11-14-27)12-15-29(28)44-24(5)9-7-8-16-43-30/h10-15,17,21-24,30,35,38H,7-9,16,18-20H2,1-6H3,(H,34,40)/t22-,23-,24-,30-/m1/s1. The quantitative estimate of drug-likeness (QED) is 0.383. The van der Waals surface area contributed by atoms with Crippen LogP contribution in [0, 0.1) is 11.7 Å². The number of anilines is 1. The van der Waals surface area contributed by atoms with Crippen molar-refractivity contribution < 1.29 is 37.0 Å². The zero-order valence-electron chi connectivity index (χ0n) is 27.0. The number of aliphatic hydroxyl groups is 1. The highest BCUT2D eigenvalue weighted by molar-refractivity contribution is 7.92. The Kier molecular flexibility index (Phi) is 13.0. The van der Waals surface area contributed by atoms with Crippen LogP contribution in [-0.2, 0) is 14.8 Å². The maximum Gasteiger partial charge on any atom is 0.317 e. The number of carbonyl (C=O) groups is 2. The molecule has 1 heterocycles. The van der Waals surface area contributed by atoms with Crippen LogP contribution in [0.3, 0.4) is 0 Å². The molecule has 0 unspecified atom stereocenters. The normalized spacial score (nSPS) is 20.9. The van der Waals surface area contributed by atoms with E-state index in [0.29, 0.717) is 19.6 Å². The van der Waals surface area contributed by atoms with E-state index >= 15 is 0 Å². The minimum Gasteiger partial charge on any atom is -0.490 e. The van der Waals surface area contributed by atoms with Crippen molar-refractivity contribution in [1.82, 2.24) is 15.1 Å². The Morgan fingerprint density at radius 2 is 1.82 bits per heavy atom. The molecule has 3 rings (SSSR count). The number of hydrogen-bond acceptors (Lipinski definition) is 7. The minimum atomic E-state index is -4.09. The summed E-state index contributed by atoms with van der Waals surface area (Å²) in [6.07, 6.45) is 1.60. The Morgan fingerprint density at radius 1 is 1.13 bits per heavy atom. The van der Waals surface area contributed by atoms with Gasteiger partial charge < -0.3 is 29.7 Å². The molecule has 0 saturated heterocycles. The van der Waals surface area contributed by atoms with Gasteiger partial charge in [0.25, 0.3) is 15.9 Å². The Labute approximate surface area is 266 Å². The van der Waals surface area contributed by atoms with Gasteiger partial charge in [-0.15, -0.1) is 0 Å². The van der Waals surface area contributed by atoms with Crippen molar-refractivity contribution in [2.45, 2.75) is 83.1 Å². The third-order valence-corrected chi connectivity index (χ3v) is 9.04. The number of ether oxygens (including phenoxy) is 2. The van der Waals surface area contributed by atoms with Crippen LogP contribution < -0.4 is 14.8 Å². The Hall–Kier alpha value is -3.42. The summed E-state index contributed by atoms with van der Waals surface area (Å²) in [5, 5.41) is 13.0. The van der Waals surface area contributed by atoms with E-state index in [-0.39, 0.29) is 59.1 Å². The summed E-state index contributed by atoms with van der Waals surface area (Å²) in [5.74, 6) is -0.990. The van der Waals surface area contributed by atoms with E-state index in [1.165, 1.54) is 17.0 Å². The van der Waals surface area contributed by atoms with Crippen molar-refractivity contribution in [2.75, 3.05) is 38.1 Å². The predicted molar refractivity (Wildman–Crippen MR) is 170 cm³/mol. The number of sulfonamides is 1. The zero-order chi connectivity index (χ0) is 33.3. The molecule has 45 heavy (non-hydrogen) atoms. The molecular weight excluding hydrogens is 603 g/mol. The third-order valence-electron chi connectivity index (χ3n) is 7.64. The molecule has 2 aromatic carbocycles. The molecule has 1 aliphatic heterocycles. The molecule has 13 heteroatoms. The number of amides is 3. The van der Waals surface area contributed by atoms with Crippen LogP contribution in [0.5, 0.6) is 5.75 Å². The first-order chi connectivity index (χ1) is 21.2. The lowest BCUT2D eigenvalue weighted by molar-refractivity contribution is -0.0122. The molecule has 2 aromatic rings. The van der Waals surface area contributed by atoms with Crippen LogP contribution in [-0.4, -0.2) is 92.9 Å². The third kappa shape index (κ3) is 10.3. The number of benzene rings is 2. The van der Waals surface area contributed by atoms with E-state index < -0.39 is 33.9 Å². The van der Waals surface area contributed by atoms with E-state index in [2.05, 4.69) is 10.0 Å². The Bertz CT molecular complexity index is 1390. The molecule has 1 aliphatic rings. The topological polar surface area (TPSA) is 138 Å². The van der Waals surface area contributed by atoms with E-state index in [1.807, 2.05) is 27.7 Å². The first kappa shape index (κ1) is 36.1. The molecule has 0 bridgehead atoms. The minimum absolute atomic E-state index is 0.0323. The monoisotopic (exact) mass is 650 g/mol. The summed E-state index contributed by atoms with van der Waals surface area (Å²) in [7, 11) is -2.39. The molecule has 11 nitrogen and oxygen atoms in total. The SMILES string of the molecule is CC(C)NC(=O)N(C)C[C@H]1OCCCC[C@@H](C)Oc2ccc(NS(=O)(=O)c3ccc(F)cc3)cc2C(=O)N([C@H](C)CO)C[C@H]1C. The van der Waals surface area contributed by atoms with E-state index in [1.54, 1.807) is 24.9 Å². The number of rotatable bonds is 8. The molecule has 0 aliphatic carbocycles. The van der Waals surface area contributed by atoms with Crippen LogP contribution in [0.25, 0.3) is 0 Å². The van der Waals surface area contributed by atoms with Crippen molar-refractivity contribution in [1.29, 1.82) is 0 Å². The number of likely N-dealkylation sites (N-methyl/N-ethyl adjacent to an activating group) is 1. The highest BCUT2D eigenvalue weighted by Crippen LogP contribution is 2.29. The smallest absolute Gasteiger partial charge is 0.317 e. The highest BCUT2D eigenvalue weighted by atomic mass is 32.2. The van der Waals surface area contributed by atoms with Crippen molar-refractivity contribution in [3.05, 3.63) is 53.8 Å². The number of fused-ring (bicyclic) bond motifs is 1. The van der Waals surface area contributed by atoms with Gasteiger partial charge in [-0.25, -0.2) is 17.6 Å². The van der Waals surface area contributed by atoms with Crippen LogP contribution in [0.1, 0.15) is 64.2 Å². The zero-order valence-corrected chi connectivity index (χ0v) is 27.8. The lowest BCUT2D eigenvalue weighted by Crippen LogP contribution is -2.49. The summed E-state index contributed by atoms with van der Waals surface area (Å²) >= 11 is 0. The van der Waals surface area contributed by atoms with Crippen LogP contribution in [0.4, 0.5) is 14.9 Å². The largest absolute Gasteiger partial charge is 0.490 e. The summed E-state index contributed by atoms with van der Waals surface area (Å²) in [6, 6.07) is 8.03. The molecule has 0 spiro atoms. The van der Waals surface area contributed by atoms with Gasteiger partial charge >= 0.3 is 6.03 Å². The van der Waals surface area contributed by atoms with Gasteiger partial charge in [-0.1, -0.05) is 6.92 Å². The van der Waals surface area contributed by atoms with Gasteiger partial charge in [-0.2, -0.15) is 0 Å². The van der Waals surface area contributed by atoms with Crippen molar-refractivity contribution in [2.24, 2.45) is 5.92 Å². The number of urea groups is 1. The fraction of sp³-hybridized carbons (Fsp3) is 0.562.